The standard InChI is InChI=1S/C27H28N4/c1-19(2)16-20(3)30(4)24-13-11-23(12-14-24)26-18-29-31-15-5-6-25(27(26)31)22-9-7-21(17-28)8-10-22/h5-6,9,11-16,18,21H,1,7-8,10H2,2-4H3/b20-16-. The first-order valence-corrected chi connectivity index (χ1v) is 10.7. The second kappa shape index (κ2) is 8.65. The first-order valence-electron chi connectivity index (χ1n) is 10.7. The van der Waals surface area contributed by atoms with Crippen LogP contribution in [0.25, 0.3) is 22.2 Å². The van der Waals surface area contributed by atoms with Gasteiger partial charge in [-0.25, -0.2) is 4.52 Å². The molecule has 1 atom stereocenters. The zero-order chi connectivity index (χ0) is 22.0. The molecule has 0 radical (unpaired) electrons. The van der Waals surface area contributed by atoms with Crippen LogP contribution < -0.4 is 4.90 Å². The molecule has 1 unspecified atom stereocenters. The molecule has 156 valence electrons. The smallest absolute Gasteiger partial charge is 0.0814 e. The lowest BCUT2D eigenvalue weighted by Crippen LogP contribution is -2.14. The normalized spacial score (nSPS) is 16.6. The number of anilines is 1. The summed E-state index contributed by atoms with van der Waals surface area (Å²) in [6.07, 6.45) is 10.9. The van der Waals surface area contributed by atoms with E-state index in [4.69, 9.17) is 0 Å². The first kappa shape index (κ1) is 20.7. The van der Waals surface area contributed by atoms with E-state index in [2.05, 4.69) is 79.1 Å². The van der Waals surface area contributed by atoms with Crippen molar-refractivity contribution in [1.29, 1.82) is 5.26 Å². The van der Waals surface area contributed by atoms with Crippen molar-refractivity contribution in [3.05, 3.63) is 84.4 Å². The third-order valence-electron chi connectivity index (χ3n) is 6.03. The Balaban J connectivity index is 1.70. The Labute approximate surface area is 184 Å². The number of nitriles is 1. The Morgan fingerprint density at radius 1 is 1.23 bits per heavy atom. The van der Waals surface area contributed by atoms with Crippen LogP contribution in [0.1, 0.15) is 38.7 Å². The molecular weight excluding hydrogens is 380 g/mol. The van der Waals surface area contributed by atoms with Crippen molar-refractivity contribution in [3.8, 4) is 17.2 Å². The van der Waals surface area contributed by atoms with Crippen molar-refractivity contribution in [2.45, 2.75) is 33.1 Å². The van der Waals surface area contributed by atoms with Gasteiger partial charge in [0.15, 0.2) is 0 Å². The van der Waals surface area contributed by atoms with E-state index < -0.39 is 0 Å². The topological polar surface area (TPSA) is 44.3 Å². The van der Waals surface area contributed by atoms with Gasteiger partial charge in [-0.05, 0) is 68.5 Å². The van der Waals surface area contributed by atoms with Gasteiger partial charge in [-0.15, -0.1) is 0 Å². The number of fused-ring (bicyclic) bond motifs is 1. The summed E-state index contributed by atoms with van der Waals surface area (Å²) in [5, 5.41) is 13.8. The molecule has 0 amide bonds. The lowest BCUT2D eigenvalue weighted by atomic mass is 9.86. The van der Waals surface area contributed by atoms with E-state index in [9.17, 15) is 5.26 Å². The second-order valence-electron chi connectivity index (χ2n) is 8.34. The summed E-state index contributed by atoms with van der Waals surface area (Å²) < 4.78 is 1.96. The highest BCUT2D eigenvalue weighted by atomic mass is 15.2. The Morgan fingerprint density at radius 2 is 2.00 bits per heavy atom. The molecule has 0 N–H and O–H groups in total. The highest BCUT2D eigenvalue weighted by molar-refractivity contribution is 5.90. The van der Waals surface area contributed by atoms with Crippen LogP contribution in [-0.4, -0.2) is 16.7 Å². The molecule has 0 saturated carbocycles. The summed E-state index contributed by atoms with van der Waals surface area (Å²) in [4.78, 5) is 2.17. The van der Waals surface area contributed by atoms with Gasteiger partial charge in [0.25, 0.3) is 0 Å². The molecule has 0 bridgehead atoms. The SMILES string of the molecule is C=C(C)/C=C(/C)N(C)c1ccc(-c2cnn3cccc(C4=CCC(C#N)CC4)c23)cc1. The third-order valence-corrected chi connectivity index (χ3v) is 6.03. The second-order valence-corrected chi connectivity index (χ2v) is 8.34. The van der Waals surface area contributed by atoms with Crippen molar-refractivity contribution in [2.24, 2.45) is 5.92 Å². The highest BCUT2D eigenvalue weighted by Gasteiger charge is 2.19. The van der Waals surface area contributed by atoms with Crippen LogP contribution in [0.5, 0.6) is 0 Å². The van der Waals surface area contributed by atoms with Crippen LogP contribution in [-0.2, 0) is 0 Å². The highest BCUT2D eigenvalue weighted by Crippen LogP contribution is 2.36. The van der Waals surface area contributed by atoms with E-state index >= 15 is 0 Å². The maximum Gasteiger partial charge on any atom is 0.0814 e. The molecule has 0 saturated heterocycles. The van der Waals surface area contributed by atoms with Crippen LogP contribution in [0.15, 0.2) is 78.8 Å². The molecule has 1 aliphatic rings. The number of benzene rings is 1. The Kier molecular flexibility index (Phi) is 5.77. The van der Waals surface area contributed by atoms with E-state index in [1.54, 1.807) is 0 Å². The van der Waals surface area contributed by atoms with Crippen LogP contribution in [0.3, 0.4) is 0 Å². The summed E-state index contributed by atoms with van der Waals surface area (Å²) >= 11 is 0. The molecule has 4 heteroatoms. The zero-order valence-electron chi connectivity index (χ0n) is 18.5. The van der Waals surface area contributed by atoms with Crippen molar-refractivity contribution in [3.63, 3.8) is 0 Å². The fraction of sp³-hybridized carbons (Fsp3) is 0.259. The number of pyridine rings is 1. The number of allylic oxidation sites excluding steroid dienone is 5. The molecular formula is C27H28N4. The molecule has 1 aliphatic carbocycles. The van der Waals surface area contributed by atoms with Gasteiger partial charge in [0, 0.05) is 35.8 Å². The predicted octanol–water partition coefficient (Wildman–Crippen LogP) is 6.62. The molecule has 4 nitrogen and oxygen atoms in total. The molecule has 2 heterocycles. The van der Waals surface area contributed by atoms with E-state index in [0.29, 0.717) is 0 Å². The van der Waals surface area contributed by atoms with Crippen molar-refractivity contribution >= 4 is 16.8 Å². The van der Waals surface area contributed by atoms with Crippen LogP contribution in [0, 0.1) is 17.2 Å². The summed E-state index contributed by atoms with van der Waals surface area (Å²) in [7, 11) is 2.07. The maximum absolute atomic E-state index is 9.21. The van der Waals surface area contributed by atoms with Gasteiger partial charge in [0.2, 0.25) is 0 Å². The average molecular weight is 409 g/mol. The van der Waals surface area contributed by atoms with Gasteiger partial charge in [-0.2, -0.15) is 10.4 Å². The van der Waals surface area contributed by atoms with Crippen LogP contribution in [0.2, 0.25) is 0 Å². The predicted molar refractivity (Wildman–Crippen MR) is 129 cm³/mol. The lowest BCUT2D eigenvalue weighted by Gasteiger charge is -2.21. The van der Waals surface area contributed by atoms with Crippen LogP contribution in [0.4, 0.5) is 5.69 Å². The molecule has 31 heavy (non-hydrogen) atoms. The van der Waals surface area contributed by atoms with E-state index in [1.807, 2.05) is 29.9 Å². The minimum absolute atomic E-state index is 0.139. The third kappa shape index (κ3) is 4.18. The Bertz CT molecular complexity index is 1220. The van der Waals surface area contributed by atoms with Crippen LogP contribution >= 0.6 is 0 Å². The maximum atomic E-state index is 9.21. The van der Waals surface area contributed by atoms with Gasteiger partial charge in [0.1, 0.15) is 0 Å². The minimum atomic E-state index is 0.139. The van der Waals surface area contributed by atoms with Gasteiger partial charge in [-0.1, -0.05) is 36.4 Å². The molecule has 0 fully saturated rings. The molecule has 4 rings (SSSR count). The van der Waals surface area contributed by atoms with Gasteiger partial charge < -0.3 is 4.90 Å². The number of hydrogen-bond donors (Lipinski definition) is 0. The minimum Gasteiger partial charge on any atom is -0.348 e. The number of aromatic nitrogens is 2. The van der Waals surface area contributed by atoms with Crippen molar-refractivity contribution in [2.75, 3.05) is 11.9 Å². The van der Waals surface area contributed by atoms with E-state index in [1.165, 1.54) is 11.1 Å². The van der Waals surface area contributed by atoms with Gasteiger partial charge in [0.05, 0.1) is 23.7 Å². The van der Waals surface area contributed by atoms with Gasteiger partial charge >= 0.3 is 0 Å². The van der Waals surface area contributed by atoms with E-state index in [-0.39, 0.29) is 5.92 Å². The average Bonchev–Trinajstić information content (AvgIpc) is 3.22. The number of rotatable bonds is 5. The quantitative estimate of drug-likeness (QED) is 0.445. The monoisotopic (exact) mass is 408 g/mol. The molecule has 3 aromatic rings. The zero-order valence-corrected chi connectivity index (χ0v) is 18.5. The molecule has 0 aliphatic heterocycles. The molecule has 1 aromatic carbocycles. The Morgan fingerprint density at radius 3 is 2.65 bits per heavy atom. The molecule has 2 aromatic heterocycles. The summed E-state index contributed by atoms with van der Waals surface area (Å²) in [6.45, 7) is 8.07. The lowest BCUT2D eigenvalue weighted by molar-refractivity contribution is 0.604. The summed E-state index contributed by atoms with van der Waals surface area (Å²) in [5.41, 5.74) is 9.26. The van der Waals surface area contributed by atoms with Crippen molar-refractivity contribution < 1.29 is 0 Å². The number of nitrogens with zero attached hydrogens (tertiary/aromatic N) is 4. The van der Waals surface area contributed by atoms with Crippen molar-refractivity contribution in [1.82, 2.24) is 9.61 Å². The fourth-order valence-corrected chi connectivity index (χ4v) is 4.23. The number of hydrogen-bond acceptors (Lipinski definition) is 3. The first-order chi connectivity index (χ1) is 15.0. The largest absolute Gasteiger partial charge is 0.348 e. The summed E-state index contributed by atoms with van der Waals surface area (Å²) in [5.74, 6) is 0.139. The fourth-order valence-electron chi connectivity index (χ4n) is 4.23. The van der Waals surface area contributed by atoms with Gasteiger partial charge in [-0.3, -0.25) is 0 Å². The Hall–Kier alpha value is -3.58. The summed E-state index contributed by atoms with van der Waals surface area (Å²) in [6, 6.07) is 15.2. The van der Waals surface area contributed by atoms with E-state index in [0.717, 1.165) is 52.9 Å². The molecule has 0 spiro atoms.